The molecule has 0 bridgehead atoms. The fourth-order valence-corrected chi connectivity index (χ4v) is 2.83. The maximum atomic E-state index is 12.3. The minimum Gasteiger partial charge on any atom is -0.332 e. The van der Waals surface area contributed by atoms with Crippen molar-refractivity contribution in [3.8, 4) is 0 Å². The van der Waals surface area contributed by atoms with E-state index in [1.165, 1.54) is 6.07 Å². The molecule has 0 saturated heterocycles. The molecule has 0 radical (unpaired) electrons. The second-order valence-corrected chi connectivity index (χ2v) is 6.58. The highest BCUT2D eigenvalue weighted by Gasteiger charge is 2.11. The molecule has 2 aromatic carbocycles. The van der Waals surface area contributed by atoms with Gasteiger partial charge in [-0.2, -0.15) is 0 Å². The molecule has 0 aliphatic heterocycles. The van der Waals surface area contributed by atoms with Gasteiger partial charge in [-0.3, -0.25) is 15.1 Å². The van der Waals surface area contributed by atoms with Gasteiger partial charge in [-0.15, -0.1) is 0 Å². The first-order valence-corrected chi connectivity index (χ1v) is 8.54. The number of hydrogen-bond acceptors (Lipinski definition) is 3. The lowest BCUT2D eigenvalue weighted by molar-refractivity contribution is 0.0977. The van der Waals surface area contributed by atoms with Crippen LogP contribution in [0.4, 0.5) is 5.69 Å². The quantitative estimate of drug-likeness (QED) is 0.607. The number of pyridine rings is 1. The van der Waals surface area contributed by atoms with Crippen molar-refractivity contribution in [3.63, 3.8) is 0 Å². The van der Waals surface area contributed by atoms with Crippen LogP contribution in [0.25, 0.3) is 10.9 Å². The molecule has 0 aliphatic rings. The number of hydrogen-bond donors (Lipinski definition) is 2. The maximum absolute atomic E-state index is 12.3. The van der Waals surface area contributed by atoms with E-state index < -0.39 is 0 Å². The summed E-state index contributed by atoms with van der Waals surface area (Å²) >= 11 is 17.0. The van der Waals surface area contributed by atoms with Crippen molar-refractivity contribution in [2.45, 2.75) is 6.92 Å². The van der Waals surface area contributed by atoms with E-state index >= 15 is 0 Å². The fourth-order valence-electron chi connectivity index (χ4n) is 2.33. The van der Waals surface area contributed by atoms with Crippen LogP contribution in [0.1, 0.15) is 16.1 Å². The predicted molar refractivity (Wildman–Crippen MR) is 107 cm³/mol. The lowest BCUT2D eigenvalue weighted by Crippen LogP contribution is -2.34. The summed E-state index contributed by atoms with van der Waals surface area (Å²) in [6.07, 6.45) is 0. The van der Waals surface area contributed by atoms with Gasteiger partial charge in [0.25, 0.3) is 5.91 Å². The second-order valence-electron chi connectivity index (χ2n) is 5.36. The van der Waals surface area contributed by atoms with Crippen LogP contribution in [0.5, 0.6) is 0 Å². The number of aromatic nitrogens is 1. The van der Waals surface area contributed by atoms with Crippen molar-refractivity contribution in [2.24, 2.45) is 0 Å². The van der Waals surface area contributed by atoms with Gasteiger partial charge in [-0.25, -0.2) is 0 Å². The number of amides is 1. The number of carbonyl (C=O) groups excluding carboxylic acids is 1. The molecule has 3 aromatic rings. The second kappa shape index (κ2) is 7.35. The Labute approximate surface area is 160 Å². The number of carbonyl (C=O) groups is 1. The van der Waals surface area contributed by atoms with Gasteiger partial charge in [0.15, 0.2) is 5.11 Å². The van der Waals surface area contributed by atoms with Gasteiger partial charge in [0, 0.05) is 22.3 Å². The molecule has 7 heteroatoms. The normalized spacial score (nSPS) is 10.5. The highest BCUT2D eigenvalue weighted by Crippen LogP contribution is 2.23. The van der Waals surface area contributed by atoms with Crippen LogP contribution in [0.15, 0.2) is 48.5 Å². The summed E-state index contributed by atoms with van der Waals surface area (Å²) in [4.78, 5) is 16.7. The monoisotopic (exact) mass is 389 g/mol. The molecule has 25 heavy (non-hydrogen) atoms. The molecular formula is C18H13Cl2N3OS. The Morgan fingerprint density at radius 1 is 1.08 bits per heavy atom. The van der Waals surface area contributed by atoms with Crippen molar-refractivity contribution < 1.29 is 4.79 Å². The van der Waals surface area contributed by atoms with Crippen LogP contribution >= 0.6 is 35.4 Å². The summed E-state index contributed by atoms with van der Waals surface area (Å²) in [7, 11) is 0. The lowest BCUT2D eigenvalue weighted by Gasteiger charge is -2.12. The minimum atomic E-state index is -0.370. The van der Waals surface area contributed by atoms with E-state index in [9.17, 15) is 4.79 Å². The van der Waals surface area contributed by atoms with Crippen LogP contribution in [0.2, 0.25) is 10.0 Å². The number of thiocarbonyl (C=S) groups is 1. The summed E-state index contributed by atoms with van der Waals surface area (Å²) in [5.74, 6) is -0.370. The Bertz CT molecular complexity index is 991. The zero-order valence-corrected chi connectivity index (χ0v) is 15.5. The molecule has 2 N–H and O–H groups in total. The van der Waals surface area contributed by atoms with Crippen LogP contribution in [-0.2, 0) is 0 Å². The number of rotatable bonds is 2. The first-order chi connectivity index (χ1) is 11.9. The van der Waals surface area contributed by atoms with Crippen molar-refractivity contribution >= 4 is 63.0 Å². The number of benzene rings is 2. The first-order valence-electron chi connectivity index (χ1n) is 7.38. The molecule has 1 aromatic heterocycles. The van der Waals surface area contributed by atoms with E-state index in [1.807, 2.05) is 37.3 Å². The Morgan fingerprint density at radius 2 is 1.88 bits per heavy atom. The molecule has 0 atom stereocenters. The molecule has 126 valence electrons. The van der Waals surface area contributed by atoms with Gasteiger partial charge < -0.3 is 5.32 Å². The summed E-state index contributed by atoms with van der Waals surface area (Å²) in [6, 6.07) is 14.2. The van der Waals surface area contributed by atoms with Crippen LogP contribution in [0, 0.1) is 6.92 Å². The Hall–Kier alpha value is -2.21. The van der Waals surface area contributed by atoms with Crippen LogP contribution in [-0.4, -0.2) is 16.0 Å². The summed E-state index contributed by atoms with van der Waals surface area (Å²) in [5.41, 5.74) is 2.92. The lowest BCUT2D eigenvalue weighted by atomic mass is 10.1. The van der Waals surface area contributed by atoms with Gasteiger partial charge in [0.1, 0.15) is 0 Å². The van der Waals surface area contributed by atoms with Crippen molar-refractivity contribution in [3.05, 3.63) is 69.8 Å². The Balaban J connectivity index is 1.76. The van der Waals surface area contributed by atoms with E-state index in [0.29, 0.717) is 15.6 Å². The molecule has 1 heterocycles. The zero-order valence-electron chi connectivity index (χ0n) is 13.1. The third-order valence-electron chi connectivity index (χ3n) is 3.53. The molecule has 0 saturated carbocycles. The molecule has 1 amide bonds. The van der Waals surface area contributed by atoms with E-state index in [2.05, 4.69) is 15.6 Å². The Kier molecular flexibility index (Phi) is 5.18. The number of nitrogens with one attached hydrogen (secondary N) is 2. The zero-order chi connectivity index (χ0) is 18.0. The van der Waals surface area contributed by atoms with Gasteiger partial charge >= 0.3 is 0 Å². The topological polar surface area (TPSA) is 54.0 Å². The van der Waals surface area contributed by atoms with Crippen LogP contribution < -0.4 is 10.6 Å². The predicted octanol–water partition coefficient (Wildman–Crippen LogP) is 4.98. The molecule has 4 nitrogen and oxygen atoms in total. The molecule has 3 rings (SSSR count). The number of fused-ring (bicyclic) bond motifs is 1. The average Bonchev–Trinajstić information content (AvgIpc) is 2.57. The standard InChI is InChI=1S/C18H13Cl2N3OS/c1-10-5-7-12-15(21-10)3-2-4-16(12)22-18(25)23-17(24)11-6-8-13(19)14(20)9-11/h2-9H,1H3,(H2,22,23,24,25). The highest BCUT2D eigenvalue weighted by molar-refractivity contribution is 7.80. The smallest absolute Gasteiger partial charge is 0.257 e. The number of halogens is 2. The van der Waals surface area contributed by atoms with E-state index in [-0.39, 0.29) is 11.0 Å². The van der Waals surface area contributed by atoms with Crippen LogP contribution in [0.3, 0.4) is 0 Å². The van der Waals surface area contributed by atoms with Gasteiger partial charge in [0.2, 0.25) is 0 Å². The molecule has 0 spiro atoms. The SMILES string of the molecule is Cc1ccc2c(NC(=S)NC(=O)c3ccc(Cl)c(Cl)c3)cccc2n1. The molecule has 0 aliphatic carbocycles. The van der Waals surface area contributed by atoms with E-state index in [4.69, 9.17) is 35.4 Å². The number of nitrogens with zero attached hydrogens (tertiary/aromatic N) is 1. The van der Waals surface area contributed by atoms with Crippen molar-refractivity contribution in [2.75, 3.05) is 5.32 Å². The molecule has 0 unspecified atom stereocenters. The average molecular weight is 390 g/mol. The van der Waals surface area contributed by atoms with Gasteiger partial charge in [0.05, 0.1) is 15.6 Å². The summed E-state index contributed by atoms with van der Waals surface area (Å²) < 4.78 is 0. The van der Waals surface area contributed by atoms with E-state index in [0.717, 1.165) is 22.3 Å². The fraction of sp³-hybridized carbons (Fsp3) is 0.0556. The third-order valence-corrected chi connectivity index (χ3v) is 4.47. The maximum Gasteiger partial charge on any atom is 0.257 e. The number of anilines is 1. The Morgan fingerprint density at radius 3 is 2.64 bits per heavy atom. The number of aryl methyl sites for hydroxylation is 1. The highest BCUT2D eigenvalue weighted by atomic mass is 35.5. The van der Waals surface area contributed by atoms with Gasteiger partial charge in [-0.1, -0.05) is 29.3 Å². The summed E-state index contributed by atoms with van der Waals surface area (Å²) in [5, 5.41) is 7.45. The molecular weight excluding hydrogens is 377 g/mol. The third kappa shape index (κ3) is 4.07. The first kappa shape index (κ1) is 17.6. The van der Waals surface area contributed by atoms with Gasteiger partial charge in [-0.05, 0) is 61.6 Å². The minimum absolute atomic E-state index is 0.184. The molecule has 0 fully saturated rings. The summed E-state index contributed by atoms with van der Waals surface area (Å²) in [6.45, 7) is 1.93. The van der Waals surface area contributed by atoms with Crippen molar-refractivity contribution in [1.82, 2.24) is 10.3 Å². The van der Waals surface area contributed by atoms with Crippen molar-refractivity contribution in [1.29, 1.82) is 0 Å². The largest absolute Gasteiger partial charge is 0.332 e. The van der Waals surface area contributed by atoms with E-state index in [1.54, 1.807) is 12.1 Å².